The van der Waals surface area contributed by atoms with Gasteiger partial charge in [-0.3, -0.25) is 9.36 Å². The van der Waals surface area contributed by atoms with Crippen molar-refractivity contribution in [1.29, 1.82) is 0 Å². The minimum absolute atomic E-state index is 0.0274. The lowest BCUT2D eigenvalue weighted by atomic mass is 10.3. The topological polar surface area (TPSA) is 52.0 Å². The Labute approximate surface area is 104 Å². The molecule has 0 fully saturated rings. The number of Topliss-reactive ketones (excluding diaryl/α,β-unsaturated/α-hetero) is 1. The van der Waals surface area contributed by atoms with Crippen molar-refractivity contribution in [2.75, 3.05) is 0 Å². The number of thiophene rings is 1. The number of nitrogens with zero attached hydrogens (tertiary/aromatic N) is 2. The lowest BCUT2D eigenvalue weighted by Crippen LogP contribution is -2.25. The predicted octanol–water partition coefficient (Wildman–Crippen LogP) is 1.95. The second-order valence-corrected chi connectivity index (χ2v) is 5.52. The summed E-state index contributed by atoms with van der Waals surface area (Å²) in [5, 5.41) is 0. The summed E-state index contributed by atoms with van der Waals surface area (Å²) < 4.78 is 2.19. The van der Waals surface area contributed by atoms with E-state index < -0.39 is 5.69 Å². The first-order chi connectivity index (χ1) is 7.66. The number of rotatable bonds is 3. The Balaban J connectivity index is 2.20. The monoisotopic (exact) mass is 298 g/mol. The molecule has 0 saturated carbocycles. The molecule has 0 amide bonds. The fourth-order valence-corrected chi connectivity index (χ4v) is 2.52. The van der Waals surface area contributed by atoms with Gasteiger partial charge in [-0.05, 0) is 34.1 Å². The van der Waals surface area contributed by atoms with Gasteiger partial charge in [0.25, 0.3) is 0 Å². The quantitative estimate of drug-likeness (QED) is 0.814. The van der Waals surface area contributed by atoms with Crippen molar-refractivity contribution in [2.24, 2.45) is 0 Å². The van der Waals surface area contributed by atoms with Crippen molar-refractivity contribution < 1.29 is 4.79 Å². The van der Waals surface area contributed by atoms with Crippen LogP contribution >= 0.6 is 27.3 Å². The van der Waals surface area contributed by atoms with Crippen LogP contribution in [0.5, 0.6) is 0 Å². The molecule has 16 heavy (non-hydrogen) atoms. The van der Waals surface area contributed by atoms with E-state index in [9.17, 15) is 9.59 Å². The Kier molecular flexibility index (Phi) is 3.31. The van der Waals surface area contributed by atoms with Crippen LogP contribution < -0.4 is 5.69 Å². The third-order valence-corrected chi connectivity index (χ3v) is 3.61. The molecule has 0 atom stereocenters. The molecule has 0 aliphatic carbocycles. The normalized spacial score (nSPS) is 10.3. The molecule has 0 radical (unpaired) electrons. The van der Waals surface area contributed by atoms with Gasteiger partial charge < -0.3 is 0 Å². The van der Waals surface area contributed by atoms with Crippen molar-refractivity contribution in [3.8, 4) is 0 Å². The number of carbonyl (C=O) groups excluding carboxylic acids is 1. The molecule has 0 aliphatic rings. The maximum atomic E-state index is 11.8. The Morgan fingerprint density at radius 1 is 1.50 bits per heavy atom. The minimum Gasteiger partial charge on any atom is -0.291 e. The van der Waals surface area contributed by atoms with Crippen LogP contribution in [0.3, 0.4) is 0 Å². The van der Waals surface area contributed by atoms with Gasteiger partial charge in [0, 0.05) is 12.4 Å². The molecular formula is C10H7BrN2O2S. The van der Waals surface area contributed by atoms with Crippen molar-refractivity contribution in [3.05, 3.63) is 49.7 Å². The zero-order chi connectivity index (χ0) is 11.5. The van der Waals surface area contributed by atoms with E-state index in [4.69, 9.17) is 0 Å². The van der Waals surface area contributed by atoms with Gasteiger partial charge in [0.2, 0.25) is 0 Å². The third kappa shape index (κ3) is 2.45. The largest absolute Gasteiger partial charge is 0.347 e. The van der Waals surface area contributed by atoms with Gasteiger partial charge in [0.15, 0.2) is 5.78 Å². The van der Waals surface area contributed by atoms with Crippen LogP contribution in [0, 0.1) is 0 Å². The fourth-order valence-electron chi connectivity index (χ4n) is 1.20. The molecule has 4 nitrogen and oxygen atoms in total. The summed E-state index contributed by atoms with van der Waals surface area (Å²) in [6.07, 6.45) is 2.96. The summed E-state index contributed by atoms with van der Waals surface area (Å²) in [5.74, 6) is -0.0919. The first-order valence-corrected chi connectivity index (χ1v) is 6.08. The van der Waals surface area contributed by atoms with Crippen LogP contribution in [-0.2, 0) is 6.54 Å². The number of aromatic nitrogens is 2. The second-order valence-electron chi connectivity index (χ2n) is 3.06. The van der Waals surface area contributed by atoms with Gasteiger partial charge >= 0.3 is 5.69 Å². The third-order valence-electron chi connectivity index (χ3n) is 1.94. The highest BCUT2D eigenvalue weighted by atomic mass is 79.9. The molecule has 0 bridgehead atoms. The number of halogens is 1. The second kappa shape index (κ2) is 4.71. The molecule has 82 valence electrons. The average Bonchev–Trinajstić information content (AvgIpc) is 2.68. The molecule has 2 rings (SSSR count). The Hall–Kier alpha value is -1.27. The van der Waals surface area contributed by atoms with Gasteiger partial charge in [-0.2, -0.15) is 0 Å². The molecule has 0 aliphatic heterocycles. The highest BCUT2D eigenvalue weighted by Crippen LogP contribution is 2.22. The highest BCUT2D eigenvalue weighted by Gasteiger charge is 2.09. The molecule has 0 saturated heterocycles. The summed E-state index contributed by atoms with van der Waals surface area (Å²) in [6.45, 7) is 0.0274. The van der Waals surface area contributed by atoms with E-state index in [2.05, 4.69) is 20.9 Å². The average molecular weight is 299 g/mol. The van der Waals surface area contributed by atoms with Gasteiger partial charge in [-0.1, -0.05) is 0 Å². The van der Waals surface area contributed by atoms with E-state index in [1.54, 1.807) is 18.3 Å². The lowest BCUT2D eigenvalue weighted by molar-refractivity contribution is 0.0974. The maximum absolute atomic E-state index is 11.8. The molecule has 0 spiro atoms. The maximum Gasteiger partial charge on any atom is 0.347 e. The van der Waals surface area contributed by atoms with Crippen molar-refractivity contribution in [2.45, 2.75) is 6.54 Å². The van der Waals surface area contributed by atoms with Crippen LogP contribution in [0.2, 0.25) is 0 Å². The zero-order valence-corrected chi connectivity index (χ0v) is 10.5. The Morgan fingerprint density at radius 3 is 2.94 bits per heavy atom. The molecule has 2 aromatic heterocycles. The summed E-state index contributed by atoms with van der Waals surface area (Å²) in [7, 11) is 0. The first kappa shape index (κ1) is 11.2. The van der Waals surface area contributed by atoms with Gasteiger partial charge in [0.1, 0.15) is 0 Å². The van der Waals surface area contributed by atoms with Gasteiger partial charge in [-0.25, -0.2) is 9.78 Å². The van der Waals surface area contributed by atoms with E-state index in [0.717, 1.165) is 3.79 Å². The minimum atomic E-state index is -0.411. The van der Waals surface area contributed by atoms with E-state index in [0.29, 0.717) is 4.88 Å². The van der Waals surface area contributed by atoms with E-state index >= 15 is 0 Å². The van der Waals surface area contributed by atoms with E-state index in [1.165, 1.54) is 22.1 Å². The molecule has 6 heteroatoms. The Morgan fingerprint density at radius 2 is 2.31 bits per heavy atom. The van der Waals surface area contributed by atoms with E-state index in [-0.39, 0.29) is 12.3 Å². The molecule has 2 heterocycles. The van der Waals surface area contributed by atoms with Gasteiger partial charge in [-0.15, -0.1) is 11.3 Å². The van der Waals surface area contributed by atoms with Crippen LogP contribution in [0.1, 0.15) is 9.67 Å². The zero-order valence-electron chi connectivity index (χ0n) is 8.09. The molecule has 0 N–H and O–H groups in total. The van der Waals surface area contributed by atoms with Crippen molar-refractivity contribution >= 4 is 33.0 Å². The summed E-state index contributed by atoms with van der Waals surface area (Å²) in [6, 6.07) is 5.17. The number of hydrogen-bond acceptors (Lipinski definition) is 4. The number of ketones is 1. The SMILES string of the molecule is O=C(Cn1cccnc1=O)c1ccc(Br)s1. The molecular weight excluding hydrogens is 292 g/mol. The standard InChI is InChI=1S/C10H7BrN2O2S/c11-9-3-2-8(16-9)7(14)6-13-5-1-4-12-10(13)15/h1-5H,6H2. The van der Waals surface area contributed by atoms with Crippen molar-refractivity contribution in [3.63, 3.8) is 0 Å². The van der Waals surface area contributed by atoms with Crippen LogP contribution in [0.15, 0.2) is 39.2 Å². The van der Waals surface area contributed by atoms with Gasteiger partial charge in [0.05, 0.1) is 15.2 Å². The summed E-state index contributed by atoms with van der Waals surface area (Å²) in [4.78, 5) is 27.3. The number of carbonyl (C=O) groups is 1. The summed E-state index contributed by atoms with van der Waals surface area (Å²) >= 11 is 4.64. The number of hydrogen-bond donors (Lipinski definition) is 0. The highest BCUT2D eigenvalue weighted by molar-refractivity contribution is 9.11. The van der Waals surface area contributed by atoms with Crippen LogP contribution in [0.25, 0.3) is 0 Å². The lowest BCUT2D eigenvalue weighted by Gasteiger charge is -2.01. The molecule has 0 unspecified atom stereocenters. The van der Waals surface area contributed by atoms with E-state index in [1.807, 2.05) is 6.07 Å². The first-order valence-electron chi connectivity index (χ1n) is 4.47. The fraction of sp³-hybridized carbons (Fsp3) is 0.100. The van der Waals surface area contributed by atoms with Crippen LogP contribution in [0.4, 0.5) is 0 Å². The smallest absolute Gasteiger partial charge is 0.291 e. The predicted molar refractivity (Wildman–Crippen MR) is 64.8 cm³/mol. The van der Waals surface area contributed by atoms with Crippen LogP contribution in [-0.4, -0.2) is 15.3 Å². The molecule has 2 aromatic rings. The van der Waals surface area contributed by atoms with Crippen molar-refractivity contribution in [1.82, 2.24) is 9.55 Å². The molecule has 0 aromatic carbocycles. The Bertz CT molecular complexity index is 576. The summed E-state index contributed by atoms with van der Waals surface area (Å²) in [5.41, 5.74) is -0.411.